The molecule has 6 aliphatic rings. The second kappa shape index (κ2) is 39.5. The third-order valence-corrected chi connectivity index (χ3v) is 26.1. The maximum atomic E-state index is 13.6. The van der Waals surface area contributed by atoms with E-state index in [2.05, 4.69) is 101 Å². The summed E-state index contributed by atoms with van der Waals surface area (Å²) in [6, 6.07) is 71.2. The number of carbonyl (C=O) groups excluding carboxylic acids is 6. The highest BCUT2D eigenvalue weighted by Gasteiger charge is 2.38. The third-order valence-electron chi connectivity index (χ3n) is 22.8. The maximum absolute atomic E-state index is 13.6. The van der Waals surface area contributed by atoms with Crippen molar-refractivity contribution in [3.05, 3.63) is 286 Å². The van der Waals surface area contributed by atoms with Crippen LogP contribution in [0.15, 0.2) is 250 Å². The number of nitrogens with one attached hydrogen (secondary N) is 6. The summed E-state index contributed by atoms with van der Waals surface area (Å²) in [5, 5.41) is 19.5. The van der Waals surface area contributed by atoms with Crippen molar-refractivity contribution in [3.8, 4) is 34.5 Å². The van der Waals surface area contributed by atoms with Crippen LogP contribution in [-0.4, -0.2) is 173 Å². The molecule has 9 aromatic carbocycles. The molecule has 6 N–H and O–H groups in total. The number of methoxy groups -OCH3 is 1. The minimum atomic E-state index is -0.447. The van der Waals surface area contributed by atoms with Crippen molar-refractivity contribution >= 4 is 169 Å². The molecule has 15 aromatic rings. The second-order valence-electron chi connectivity index (χ2n) is 31.5. The van der Waals surface area contributed by atoms with Gasteiger partial charge in [-0.25, -0.2) is 59.0 Å². The number of hydrogen-bond donors (Lipinski definition) is 6. The fourth-order valence-corrected chi connectivity index (χ4v) is 19.2. The Labute approximate surface area is 764 Å². The number of benzene rings is 9. The molecule has 0 bridgehead atoms. The van der Waals surface area contributed by atoms with Gasteiger partial charge in [0.1, 0.15) is 77.7 Å². The molecule has 33 heteroatoms. The van der Waals surface area contributed by atoms with Crippen LogP contribution in [0.5, 0.6) is 34.5 Å². The third kappa shape index (κ3) is 19.5. The number of aromatic nitrogens is 6. The number of urea groups is 3. The van der Waals surface area contributed by atoms with Gasteiger partial charge in [-0.15, -0.1) is 34.0 Å². The minimum absolute atomic E-state index is 0.304. The molecule has 0 atom stereocenters. The second-order valence-corrected chi connectivity index (χ2v) is 34.5. The zero-order valence-corrected chi connectivity index (χ0v) is 73.5. The van der Waals surface area contributed by atoms with E-state index in [0.717, 1.165) is 96.4 Å². The monoisotopic (exact) mass is 1800 g/mol. The van der Waals surface area contributed by atoms with Crippen LogP contribution in [0.2, 0.25) is 0 Å². The molecule has 0 aliphatic carbocycles. The smallest absolute Gasteiger partial charge is 0.332 e. The first-order valence-corrected chi connectivity index (χ1v) is 45.5. The lowest BCUT2D eigenvalue weighted by atomic mass is 10.0. The Hall–Kier alpha value is -14.7. The summed E-state index contributed by atoms with van der Waals surface area (Å²) in [7, 11) is 1.55. The summed E-state index contributed by atoms with van der Waals surface area (Å²) in [6.07, 6.45) is 9.93. The Morgan fingerprint density at radius 3 is 1.22 bits per heavy atom. The number of thiophene rings is 3. The van der Waals surface area contributed by atoms with Crippen molar-refractivity contribution in [1.82, 2.24) is 44.6 Å². The minimum Gasteiger partial charge on any atom is -0.493 e. The van der Waals surface area contributed by atoms with Crippen molar-refractivity contribution in [2.75, 3.05) is 139 Å². The summed E-state index contributed by atoms with van der Waals surface area (Å²) in [5.74, 6) is 4.03. The number of anilines is 12. The molecule has 30 nitrogen and oxygen atoms in total. The van der Waals surface area contributed by atoms with Gasteiger partial charge in [0.15, 0.2) is 29.0 Å². The molecule has 0 unspecified atom stereocenters. The van der Waals surface area contributed by atoms with E-state index >= 15 is 0 Å². The van der Waals surface area contributed by atoms with Gasteiger partial charge in [-0.05, 0) is 182 Å². The Kier molecular flexibility index (Phi) is 25.9. The topological polar surface area (TPSA) is 327 Å². The van der Waals surface area contributed by atoms with Gasteiger partial charge in [-0.1, -0.05) is 110 Å². The van der Waals surface area contributed by atoms with Crippen molar-refractivity contribution < 1.29 is 57.2 Å². The number of carbonyl (C=O) groups is 6. The highest BCUT2D eigenvalue weighted by molar-refractivity contribution is 7.22. The van der Waals surface area contributed by atoms with Gasteiger partial charge >= 0.3 is 18.1 Å². The molecule has 9 amide bonds. The average molecular weight is 1810 g/mol. The SMILES string of the molecule is COc1cc(NC(=O)c2sc3ncnc4c3c2NC(=O)N4c2ccc(Oc3ccccc3)cc2)ccc1OCCN1CCOCC1.O=C(Nc1ccc(CCN2CCCCC2)cc1)c1sc2ncnc3c2c1NC(=O)N3c1ccc(Oc2ccccc2)cc1.O=C(Nc1ccc(CN2CCOCC2)cc1)c1sc2ncnc3c2c1NC(=O)N3c1ccc(Cc2ccccc2)cc1. The number of rotatable bonds is 25. The summed E-state index contributed by atoms with van der Waals surface area (Å²) >= 11 is 3.64. The van der Waals surface area contributed by atoms with Gasteiger partial charge in [0.25, 0.3) is 17.7 Å². The van der Waals surface area contributed by atoms with Gasteiger partial charge in [-0.3, -0.25) is 24.2 Å². The van der Waals surface area contributed by atoms with Gasteiger partial charge in [-0.2, -0.15) is 0 Å². The summed E-state index contributed by atoms with van der Waals surface area (Å²) < 4.78 is 34.1. The lowest BCUT2D eigenvalue weighted by molar-refractivity contribution is 0.0321. The highest BCUT2D eigenvalue weighted by Crippen LogP contribution is 2.49. The van der Waals surface area contributed by atoms with Crippen LogP contribution in [0.25, 0.3) is 30.6 Å². The van der Waals surface area contributed by atoms with Gasteiger partial charge in [0.2, 0.25) is 0 Å². The zero-order chi connectivity index (χ0) is 89.1. The van der Waals surface area contributed by atoms with E-state index in [4.69, 9.17) is 28.4 Å². The molecule has 12 heterocycles. The normalized spacial score (nSPS) is 14.8. The zero-order valence-electron chi connectivity index (χ0n) is 71.1. The van der Waals surface area contributed by atoms with Gasteiger partial charge < -0.3 is 65.2 Å². The van der Waals surface area contributed by atoms with Crippen LogP contribution in [0.4, 0.5) is 83.0 Å². The first-order valence-electron chi connectivity index (χ1n) is 43.0. The predicted octanol–water partition coefficient (Wildman–Crippen LogP) is 19.6. The van der Waals surface area contributed by atoms with Gasteiger partial charge in [0, 0.05) is 68.9 Å². The van der Waals surface area contributed by atoms with Crippen molar-refractivity contribution in [3.63, 3.8) is 0 Å². The van der Waals surface area contributed by atoms with E-state index in [1.165, 1.54) is 117 Å². The lowest BCUT2D eigenvalue weighted by Crippen LogP contribution is -2.38. The van der Waals surface area contributed by atoms with Crippen LogP contribution < -0.4 is 65.5 Å². The fourth-order valence-electron chi connectivity index (χ4n) is 16.2. The van der Waals surface area contributed by atoms with E-state index in [9.17, 15) is 28.8 Å². The molecular formula is C98H88N18O12S3. The molecule has 0 saturated carbocycles. The molecule has 6 aromatic heterocycles. The van der Waals surface area contributed by atoms with Crippen LogP contribution in [-0.2, 0) is 28.9 Å². The van der Waals surface area contributed by atoms with Crippen LogP contribution in [0.1, 0.15) is 70.5 Å². The molecule has 3 saturated heterocycles. The Morgan fingerprint density at radius 2 is 0.771 bits per heavy atom. The molecule has 660 valence electrons. The van der Waals surface area contributed by atoms with E-state index in [0.29, 0.717) is 149 Å². The lowest BCUT2D eigenvalue weighted by Gasteiger charge is -2.27. The first kappa shape index (κ1) is 85.7. The van der Waals surface area contributed by atoms with Crippen LogP contribution in [0, 0.1) is 0 Å². The standard InChI is InChI=1S/C33H30N6O6S.C33H30N6O3S.C32H28N6O3S/c1-42-26-19-21(7-12-25(26)44-18-15-38-13-16-43-17-14-38)36-31(40)29-28-27-30(34-20-35-32(27)46-29)39(33(41)37-28)22-8-10-24(11-9-22)45-23-5-3-2-4-6-23;40-31(36-23-11-9-22(10-12-23)17-20-38-18-5-2-6-19-38)29-28-27-30(34-21-35-32(27)43-29)39(33(41)37-28)24-13-15-26(16-14-24)42-25-7-3-1-4-8-25;39-30(35-24-10-6-23(7-11-24)19-37-14-16-41-17-15-37)28-27-26-29(33-20-34-31(26)42-28)38(32(40)36-27)25-12-8-22(9-13-25)18-21-4-2-1-3-5-21/h2-12,19-20H,13-18H2,1H3,(H,36,40)(H,37,41);1,3-4,7-16,21H,2,5-6,17-20H2,(H,36,40)(H,37,41);1-13,20H,14-19H2,(H,35,39)(H,36,40). The number of para-hydroxylation sites is 2. The molecule has 6 aliphatic heterocycles. The Morgan fingerprint density at radius 1 is 0.389 bits per heavy atom. The summed E-state index contributed by atoms with van der Waals surface area (Å²) in [4.78, 5) is 122. The van der Waals surface area contributed by atoms with E-state index in [-0.39, 0.29) is 17.8 Å². The molecule has 21 rings (SSSR count). The van der Waals surface area contributed by atoms with Crippen molar-refractivity contribution in [1.29, 1.82) is 0 Å². The molecule has 3 fully saturated rings. The number of amides is 9. The molecule has 0 radical (unpaired) electrons. The largest absolute Gasteiger partial charge is 0.493 e. The van der Waals surface area contributed by atoms with Crippen LogP contribution >= 0.6 is 34.0 Å². The van der Waals surface area contributed by atoms with Crippen LogP contribution in [0.3, 0.4) is 0 Å². The number of likely N-dealkylation sites (tertiary alicyclic amines) is 1. The summed E-state index contributed by atoms with van der Waals surface area (Å²) in [5.41, 5.74) is 9.78. The van der Waals surface area contributed by atoms with E-state index in [1.54, 1.807) is 73.8 Å². The molecule has 0 spiro atoms. The van der Waals surface area contributed by atoms with Gasteiger partial charge in [0.05, 0.1) is 83.8 Å². The van der Waals surface area contributed by atoms with E-state index in [1.807, 2.05) is 140 Å². The first-order chi connectivity index (χ1) is 64.3. The fraction of sp³-hybridized carbons (Fsp3) is 0.204. The Balaban J connectivity index is 0.000000127. The summed E-state index contributed by atoms with van der Waals surface area (Å²) in [6.45, 7) is 12.1. The highest BCUT2D eigenvalue weighted by atomic mass is 32.1. The van der Waals surface area contributed by atoms with E-state index < -0.39 is 18.0 Å². The predicted molar refractivity (Wildman–Crippen MR) is 510 cm³/mol. The quantitative estimate of drug-likeness (QED) is 0.0310. The van der Waals surface area contributed by atoms with Crippen molar-refractivity contribution in [2.45, 2.75) is 38.6 Å². The van der Waals surface area contributed by atoms with Crippen molar-refractivity contribution in [2.24, 2.45) is 0 Å². The Bertz CT molecular complexity index is 6670. The number of hydrogen-bond acceptors (Lipinski definition) is 24. The number of nitrogens with zero attached hydrogens (tertiary/aromatic N) is 12. The maximum Gasteiger partial charge on any atom is 0.332 e. The number of morpholine rings is 2. The molecule has 131 heavy (non-hydrogen) atoms. The average Bonchev–Trinajstić information content (AvgIpc) is 1.58. The number of ether oxygens (including phenoxy) is 6. The number of piperidine rings is 1. The molecular weight excluding hydrogens is 1720 g/mol.